The molecular formula is C30H40O8. The van der Waals surface area contributed by atoms with E-state index in [4.69, 9.17) is 23.4 Å². The van der Waals surface area contributed by atoms with Crippen molar-refractivity contribution >= 4 is 17.9 Å². The monoisotopic (exact) mass is 528 g/mol. The molecule has 2 aliphatic heterocycles. The van der Waals surface area contributed by atoms with Gasteiger partial charge in [0.25, 0.3) is 0 Å². The third kappa shape index (κ3) is 3.04. The van der Waals surface area contributed by atoms with Gasteiger partial charge < -0.3 is 23.4 Å². The lowest BCUT2D eigenvalue weighted by atomic mass is 9.37. The molecule has 8 nitrogen and oxygen atoms in total. The summed E-state index contributed by atoms with van der Waals surface area (Å²) in [5, 5.41) is 0. The number of furan rings is 1. The molecule has 208 valence electrons. The minimum atomic E-state index is -0.836. The van der Waals surface area contributed by atoms with Crippen molar-refractivity contribution in [3.63, 3.8) is 0 Å². The number of cyclic esters (lactones) is 1. The normalized spacial score (nSPS) is 48.3. The Morgan fingerprint density at radius 3 is 2.29 bits per heavy atom. The van der Waals surface area contributed by atoms with Gasteiger partial charge in [-0.25, -0.2) is 0 Å². The highest BCUT2D eigenvalue weighted by molar-refractivity contribution is 5.73. The summed E-state index contributed by atoms with van der Waals surface area (Å²) >= 11 is 0. The molecule has 8 heteroatoms. The van der Waals surface area contributed by atoms with Crippen LogP contribution in [0.2, 0.25) is 0 Å². The molecule has 0 aromatic carbocycles. The molecule has 3 aliphatic carbocycles. The van der Waals surface area contributed by atoms with Crippen LogP contribution in [0.5, 0.6) is 0 Å². The first-order valence-electron chi connectivity index (χ1n) is 14.0. The van der Waals surface area contributed by atoms with Crippen molar-refractivity contribution in [3.8, 4) is 0 Å². The lowest BCUT2D eigenvalue weighted by Crippen LogP contribution is -2.72. The molecule has 5 fully saturated rings. The van der Waals surface area contributed by atoms with Crippen LogP contribution in [0, 0.1) is 28.1 Å². The first kappa shape index (κ1) is 25.9. The number of ether oxygens (including phenoxy) is 4. The van der Waals surface area contributed by atoms with Gasteiger partial charge in [0.05, 0.1) is 25.1 Å². The number of fused-ring (bicyclic) bond motifs is 3. The molecule has 5 aliphatic rings. The van der Waals surface area contributed by atoms with Crippen LogP contribution >= 0.6 is 0 Å². The molecule has 6 rings (SSSR count). The Kier molecular flexibility index (Phi) is 5.36. The number of rotatable bonds is 3. The molecule has 10 atom stereocenters. The highest BCUT2D eigenvalue weighted by atomic mass is 16.6. The van der Waals surface area contributed by atoms with Crippen LogP contribution < -0.4 is 0 Å². The quantitative estimate of drug-likeness (QED) is 0.309. The number of hydrogen-bond donors (Lipinski definition) is 0. The van der Waals surface area contributed by atoms with Crippen LogP contribution in [0.25, 0.3) is 0 Å². The Balaban J connectivity index is 1.53. The minimum absolute atomic E-state index is 0.00696. The standard InChI is InChI=1S/C30H40O8/c1-16(31)35-22-14-25(33)38-26(3,4)21-13-23(36-17(2)32)29(7)20(28(21,22)6)8-10-27(5)19(18-9-11-34-15-18)12-24-30(27,29)37-24/h9,11,15,19-24H,8,10,12-14H2,1-7H3/t19-,20+,21-,22-,23+,24+,27-,28+,29-,30+/m0/s1. The summed E-state index contributed by atoms with van der Waals surface area (Å²) in [6, 6.07) is 2.05. The van der Waals surface area contributed by atoms with E-state index in [-0.39, 0.29) is 47.6 Å². The fourth-order valence-corrected chi connectivity index (χ4v) is 10.4. The van der Waals surface area contributed by atoms with Gasteiger partial charge in [-0.1, -0.05) is 20.8 Å². The van der Waals surface area contributed by atoms with Gasteiger partial charge in [-0.2, -0.15) is 0 Å². The lowest BCUT2D eigenvalue weighted by molar-refractivity contribution is -0.264. The third-order valence-electron chi connectivity index (χ3n) is 11.7. The van der Waals surface area contributed by atoms with Crippen molar-refractivity contribution in [2.24, 2.45) is 28.1 Å². The van der Waals surface area contributed by atoms with E-state index >= 15 is 0 Å². The maximum absolute atomic E-state index is 13.0. The van der Waals surface area contributed by atoms with Gasteiger partial charge >= 0.3 is 17.9 Å². The highest BCUT2D eigenvalue weighted by Gasteiger charge is 2.87. The summed E-state index contributed by atoms with van der Waals surface area (Å²) in [4.78, 5) is 38.0. The molecule has 1 aromatic rings. The summed E-state index contributed by atoms with van der Waals surface area (Å²) in [6.07, 6.45) is 5.62. The Morgan fingerprint density at radius 2 is 1.66 bits per heavy atom. The van der Waals surface area contributed by atoms with Crippen LogP contribution in [0.3, 0.4) is 0 Å². The SMILES string of the molecule is CC(=O)O[C@H]1CC(=O)OC(C)(C)[C@@H]2C[C@@H](OC(C)=O)[C@]3(C)[C@H](CC[C@@]4(C)[C@H](c5ccoc5)C[C@H]5O[C@@]534)[C@@]12C. The molecule has 0 unspecified atom stereocenters. The number of carbonyl (C=O) groups is 3. The van der Waals surface area contributed by atoms with Gasteiger partial charge in [0.2, 0.25) is 0 Å². The second kappa shape index (κ2) is 7.86. The van der Waals surface area contributed by atoms with Crippen molar-refractivity contribution in [1.82, 2.24) is 0 Å². The van der Waals surface area contributed by atoms with Crippen molar-refractivity contribution in [2.75, 3.05) is 0 Å². The van der Waals surface area contributed by atoms with Crippen molar-refractivity contribution in [3.05, 3.63) is 24.2 Å². The average molecular weight is 529 g/mol. The van der Waals surface area contributed by atoms with Crippen LogP contribution in [0.1, 0.15) is 92.1 Å². The van der Waals surface area contributed by atoms with Crippen molar-refractivity contribution < 1.29 is 37.7 Å². The zero-order valence-electron chi connectivity index (χ0n) is 23.5. The van der Waals surface area contributed by atoms with E-state index in [1.54, 1.807) is 6.26 Å². The maximum atomic E-state index is 13.0. The Labute approximate surface area is 224 Å². The van der Waals surface area contributed by atoms with Gasteiger partial charge in [-0.3, -0.25) is 14.4 Å². The Hall–Kier alpha value is -2.35. The predicted octanol–water partition coefficient (Wildman–Crippen LogP) is 4.94. The minimum Gasteiger partial charge on any atom is -0.472 e. The third-order valence-corrected chi connectivity index (χ3v) is 11.7. The first-order valence-corrected chi connectivity index (χ1v) is 14.0. The van der Waals surface area contributed by atoms with Gasteiger partial charge in [0, 0.05) is 36.0 Å². The molecule has 0 radical (unpaired) electrons. The molecule has 0 bridgehead atoms. The molecule has 38 heavy (non-hydrogen) atoms. The van der Waals surface area contributed by atoms with Crippen molar-refractivity contribution in [1.29, 1.82) is 0 Å². The molecule has 0 amide bonds. The molecule has 2 saturated heterocycles. The van der Waals surface area contributed by atoms with Gasteiger partial charge in [0.15, 0.2) is 0 Å². The molecule has 1 aromatic heterocycles. The highest BCUT2D eigenvalue weighted by Crippen LogP contribution is 2.82. The summed E-state index contributed by atoms with van der Waals surface area (Å²) in [7, 11) is 0. The Morgan fingerprint density at radius 1 is 0.974 bits per heavy atom. The van der Waals surface area contributed by atoms with E-state index in [1.165, 1.54) is 19.4 Å². The fraction of sp³-hybridized carbons (Fsp3) is 0.767. The fourth-order valence-electron chi connectivity index (χ4n) is 10.4. The molecule has 3 saturated carbocycles. The largest absolute Gasteiger partial charge is 0.472 e. The summed E-state index contributed by atoms with van der Waals surface area (Å²) < 4.78 is 30.5. The van der Waals surface area contributed by atoms with Gasteiger partial charge in [0.1, 0.15) is 23.4 Å². The summed E-state index contributed by atoms with van der Waals surface area (Å²) in [5.74, 6) is -1.09. The second-order valence-corrected chi connectivity index (χ2v) is 13.6. The van der Waals surface area contributed by atoms with E-state index in [2.05, 4.69) is 26.8 Å². The summed E-state index contributed by atoms with van der Waals surface area (Å²) in [5.41, 5.74) is -1.54. The van der Waals surface area contributed by atoms with Crippen LogP contribution in [-0.4, -0.2) is 47.4 Å². The van der Waals surface area contributed by atoms with Crippen LogP contribution in [0.4, 0.5) is 0 Å². The number of esters is 3. The number of epoxide rings is 1. The lowest BCUT2D eigenvalue weighted by Gasteiger charge is -2.67. The molecule has 0 N–H and O–H groups in total. The zero-order valence-corrected chi connectivity index (χ0v) is 23.5. The average Bonchev–Trinajstić information content (AvgIpc) is 3.18. The van der Waals surface area contributed by atoms with Crippen molar-refractivity contribution in [2.45, 2.75) is 116 Å². The van der Waals surface area contributed by atoms with E-state index < -0.39 is 40.2 Å². The molecular weight excluding hydrogens is 488 g/mol. The van der Waals surface area contributed by atoms with Gasteiger partial charge in [-0.15, -0.1) is 0 Å². The smallest absolute Gasteiger partial charge is 0.310 e. The number of carbonyl (C=O) groups excluding carboxylic acids is 3. The van der Waals surface area contributed by atoms with E-state index in [0.717, 1.165) is 19.3 Å². The Bertz CT molecular complexity index is 1170. The maximum Gasteiger partial charge on any atom is 0.310 e. The zero-order chi connectivity index (χ0) is 27.5. The van der Waals surface area contributed by atoms with Crippen LogP contribution in [-0.2, 0) is 33.3 Å². The van der Waals surface area contributed by atoms with E-state index in [0.29, 0.717) is 6.42 Å². The topological polar surface area (TPSA) is 105 Å². The molecule has 1 spiro atoms. The summed E-state index contributed by atoms with van der Waals surface area (Å²) in [6.45, 7) is 13.4. The van der Waals surface area contributed by atoms with Crippen LogP contribution in [0.15, 0.2) is 23.0 Å². The first-order chi connectivity index (χ1) is 17.7. The molecule has 3 heterocycles. The van der Waals surface area contributed by atoms with Gasteiger partial charge in [-0.05, 0) is 63.0 Å². The number of hydrogen-bond acceptors (Lipinski definition) is 8. The van der Waals surface area contributed by atoms with E-state index in [1.807, 2.05) is 20.1 Å². The predicted molar refractivity (Wildman–Crippen MR) is 135 cm³/mol. The van der Waals surface area contributed by atoms with E-state index in [9.17, 15) is 14.4 Å². The second-order valence-electron chi connectivity index (χ2n) is 13.6.